The van der Waals surface area contributed by atoms with Crippen molar-refractivity contribution in [2.24, 2.45) is 5.92 Å². The molecule has 4 nitrogen and oxygen atoms in total. The third-order valence-corrected chi connectivity index (χ3v) is 3.85. The van der Waals surface area contributed by atoms with Gasteiger partial charge in [-0.15, -0.1) is 0 Å². The standard InChI is InChI=1S/C14H22N2O2/c1-3-10-5-4-6-11(7-10)14-15-12(9-18-2)8-13(17)16-14/h8,10-11H,3-7,9H2,1-2H3,(H,15,16,17). The van der Waals surface area contributed by atoms with Crippen molar-refractivity contribution >= 4 is 0 Å². The van der Waals surface area contributed by atoms with Crippen molar-refractivity contribution in [1.29, 1.82) is 0 Å². The molecule has 1 fully saturated rings. The normalized spacial score (nSPS) is 24.1. The summed E-state index contributed by atoms with van der Waals surface area (Å²) in [5.41, 5.74) is 0.667. The molecule has 18 heavy (non-hydrogen) atoms. The molecule has 0 radical (unpaired) electrons. The Balaban J connectivity index is 2.18. The molecule has 2 rings (SSSR count). The summed E-state index contributed by atoms with van der Waals surface area (Å²) in [5, 5.41) is 0. The first-order chi connectivity index (χ1) is 8.72. The molecular weight excluding hydrogens is 228 g/mol. The average Bonchev–Trinajstić information content (AvgIpc) is 2.38. The summed E-state index contributed by atoms with van der Waals surface area (Å²) in [6.45, 7) is 2.64. The molecule has 1 aliphatic carbocycles. The Bertz CT molecular complexity index is 442. The van der Waals surface area contributed by atoms with Crippen LogP contribution in [0.1, 0.15) is 56.5 Å². The highest BCUT2D eigenvalue weighted by Gasteiger charge is 2.24. The number of rotatable bonds is 4. The maximum atomic E-state index is 11.6. The van der Waals surface area contributed by atoms with Crippen LogP contribution >= 0.6 is 0 Å². The van der Waals surface area contributed by atoms with Gasteiger partial charge >= 0.3 is 0 Å². The number of H-pyrrole nitrogens is 1. The van der Waals surface area contributed by atoms with Crippen molar-refractivity contribution in [1.82, 2.24) is 9.97 Å². The lowest BCUT2D eigenvalue weighted by Crippen LogP contribution is -2.20. The van der Waals surface area contributed by atoms with Crippen LogP contribution in [0.25, 0.3) is 0 Å². The first-order valence-corrected chi connectivity index (χ1v) is 6.82. The van der Waals surface area contributed by atoms with Gasteiger partial charge in [0.15, 0.2) is 0 Å². The fourth-order valence-electron chi connectivity index (χ4n) is 2.85. The van der Waals surface area contributed by atoms with Crippen LogP contribution in [0.2, 0.25) is 0 Å². The molecule has 0 aliphatic heterocycles. The minimum Gasteiger partial charge on any atom is -0.378 e. The number of nitrogens with one attached hydrogen (secondary N) is 1. The molecule has 1 heterocycles. The molecule has 4 heteroatoms. The average molecular weight is 250 g/mol. The van der Waals surface area contributed by atoms with E-state index < -0.39 is 0 Å². The lowest BCUT2D eigenvalue weighted by molar-refractivity contribution is 0.180. The van der Waals surface area contributed by atoms with E-state index in [1.54, 1.807) is 7.11 Å². The van der Waals surface area contributed by atoms with Gasteiger partial charge in [0.2, 0.25) is 0 Å². The summed E-state index contributed by atoms with van der Waals surface area (Å²) in [5.74, 6) is 2.04. The summed E-state index contributed by atoms with van der Waals surface area (Å²) in [6.07, 6.45) is 6.06. The molecule has 1 saturated carbocycles. The summed E-state index contributed by atoms with van der Waals surface area (Å²) in [4.78, 5) is 19.1. The predicted octanol–water partition coefficient (Wildman–Crippen LogP) is 2.60. The molecule has 2 atom stereocenters. The number of hydrogen-bond donors (Lipinski definition) is 1. The van der Waals surface area contributed by atoms with Gasteiger partial charge in [-0.05, 0) is 18.8 Å². The second kappa shape index (κ2) is 6.14. The Hall–Kier alpha value is -1.16. The number of aromatic amines is 1. The largest absolute Gasteiger partial charge is 0.378 e. The molecule has 1 N–H and O–H groups in total. The minimum atomic E-state index is -0.0642. The third-order valence-electron chi connectivity index (χ3n) is 3.85. The van der Waals surface area contributed by atoms with Crippen LogP contribution in [-0.4, -0.2) is 17.1 Å². The van der Waals surface area contributed by atoms with Crippen LogP contribution in [0.3, 0.4) is 0 Å². The molecule has 1 aromatic heterocycles. The maximum absolute atomic E-state index is 11.6. The van der Waals surface area contributed by atoms with E-state index in [9.17, 15) is 4.79 Å². The zero-order chi connectivity index (χ0) is 13.0. The predicted molar refractivity (Wildman–Crippen MR) is 70.6 cm³/mol. The Morgan fingerprint density at radius 3 is 3.06 bits per heavy atom. The second-order valence-corrected chi connectivity index (χ2v) is 5.19. The Morgan fingerprint density at radius 2 is 2.33 bits per heavy atom. The monoisotopic (exact) mass is 250 g/mol. The van der Waals surface area contributed by atoms with E-state index in [0.29, 0.717) is 12.5 Å². The number of nitrogens with zero attached hydrogens (tertiary/aromatic N) is 1. The zero-order valence-corrected chi connectivity index (χ0v) is 11.2. The van der Waals surface area contributed by atoms with E-state index in [-0.39, 0.29) is 5.56 Å². The van der Waals surface area contributed by atoms with Gasteiger partial charge in [0, 0.05) is 19.1 Å². The van der Waals surface area contributed by atoms with Crippen LogP contribution < -0.4 is 5.56 Å². The highest BCUT2D eigenvalue weighted by atomic mass is 16.5. The fraction of sp³-hybridized carbons (Fsp3) is 0.714. The Labute approximate surface area is 108 Å². The number of aromatic nitrogens is 2. The third kappa shape index (κ3) is 3.19. The van der Waals surface area contributed by atoms with Crippen molar-refractivity contribution in [2.45, 2.75) is 51.6 Å². The molecule has 0 saturated heterocycles. The molecule has 0 bridgehead atoms. The molecule has 0 aromatic carbocycles. The maximum Gasteiger partial charge on any atom is 0.251 e. The first-order valence-electron chi connectivity index (χ1n) is 6.82. The van der Waals surface area contributed by atoms with Crippen LogP contribution in [0.5, 0.6) is 0 Å². The van der Waals surface area contributed by atoms with E-state index >= 15 is 0 Å². The Kier molecular flexibility index (Phi) is 4.53. The van der Waals surface area contributed by atoms with Crippen molar-refractivity contribution in [2.75, 3.05) is 7.11 Å². The summed E-state index contributed by atoms with van der Waals surface area (Å²) < 4.78 is 5.05. The van der Waals surface area contributed by atoms with Gasteiger partial charge in [0.25, 0.3) is 5.56 Å². The van der Waals surface area contributed by atoms with E-state index in [2.05, 4.69) is 16.9 Å². The Morgan fingerprint density at radius 1 is 1.50 bits per heavy atom. The summed E-state index contributed by atoms with van der Waals surface area (Å²) in [6, 6.07) is 1.52. The molecule has 2 unspecified atom stereocenters. The van der Waals surface area contributed by atoms with Gasteiger partial charge in [-0.25, -0.2) is 4.98 Å². The molecule has 100 valence electrons. The lowest BCUT2D eigenvalue weighted by atomic mass is 9.80. The van der Waals surface area contributed by atoms with Gasteiger partial charge in [0.05, 0.1) is 12.3 Å². The van der Waals surface area contributed by atoms with E-state index in [4.69, 9.17) is 4.74 Å². The molecule has 1 aromatic rings. The van der Waals surface area contributed by atoms with Crippen LogP contribution in [0, 0.1) is 5.92 Å². The zero-order valence-electron chi connectivity index (χ0n) is 11.2. The second-order valence-electron chi connectivity index (χ2n) is 5.19. The van der Waals surface area contributed by atoms with Gasteiger partial charge < -0.3 is 9.72 Å². The number of methoxy groups -OCH3 is 1. The SMILES string of the molecule is CCC1CCCC(c2nc(COC)cc(=O)[nH]2)C1. The lowest BCUT2D eigenvalue weighted by Gasteiger charge is -2.27. The fourth-order valence-corrected chi connectivity index (χ4v) is 2.85. The molecule has 1 aliphatic rings. The van der Waals surface area contributed by atoms with E-state index in [1.165, 1.54) is 25.3 Å². The first kappa shape index (κ1) is 13.3. The van der Waals surface area contributed by atoms with Crippen molar-refractivity contribution in [3.05, 3.63) is 27.9 Å². The van der Waals surface area contributed by atoms with Crippen LogP contribution in [-0.2, 0) is 11.3 Å². The minimum absolute atomic E-state index is 0.0642. The highest BCUT2D eigenvalue weighted by Crippen LogP contribution is 2.35. The molecule has 0 spiro atoms. The van der Waals surface area contributed by atoms with Gasteiger partial charge in [-0.1, -0.05) is 26.2 Å². The van der Waals surface area contributed by atoms with E-state index in [0.717, 1.165) is 30.3 Å². The molecular formula is C14H22N2O2. The van der Waals surface area contributed by atoms with Crippen molar-refractivity contribution in [3.63, 3.8) is 0 Å². The van der Waals surface area contributed by atoms with Crippen LogP contribution in [0.4, 0.5) is 0 Å². The van der Waals surface area contributed by atoms with E-state index in [1.807, 2.05) is 0 Å². The van der Waals surface area contributed by atoms with Crippen LogP contribution in [0.15, 0.2) is 10.9 Å². The number of hydrogen-bond acceptors (Lipinski definition) is 3. The summed E-state index contributed by atoms with van der Waals surface area (Å²) in [7, 11) is 1.62. The van der Waals surface area contributed by atoms with Gasteiger partial charge in [-0.3, -0.25) is 4.79 Å². The van der Waals surface area contributed by atoms with Gasteiger partial charge in [-0.2, -0.15) is 0 Å². The van der Waals surface area contributed by atoms with Gasteiger partial charge in [0.1, 0.15) is 5.82 Å². The van der Waals surface area contributed by atoms with Crippen molar-refractivity contribution in [3.8, 4) is 0 Å². The smallest absolute Gasteiger partial charge is 0.251 e. The number of ether oxygens (including phenoxy) is 1. The highest BCUT2D eigenvalue weighted by molar-refractivity contribution is 5.06. The quantitative estimate of drug-likeness (QED) is 0.893. The topological polar surface area (TPSA) is 55.0 Å². The molecule has 0 amide bonds. The summed E-state index contributed by atoms with van der Waals surface area (Å²) >= 11 is 0. The van der Waals surface area contributed by atoms with Crippen molar-refractivity contribution < 1.29 is 4.74 Å².